The summed E-state index contributed by atoms with van der Waals surface area (Å²) < 4.78 is 37.5. The van der Waals surface area contributed by atoms with Crippen molar-refractivity contribution < 1.29 is 22.8 Å². The van der Waals surface area contributed by atoms with Crippen LogP contribution in [0.5, 0.6) is 0 Å². The van der Waals surface area contributed by atoms with Crippen molar-refractivity contribution in [1.82, 2.24) is 10.2 Å². The molecule has 33 heavy (non-hydrogen) atoms. The van der Waals surface area contributed by atoms with Crippen LogP contribution in [0.4, 0.5) is 18.9 Å². The molecule has 2 aromatic carbocycles. The second-order valence-corrected chi connectivity index (χ2v) is 9.17. The van der Waals surface area contributed by atoms with Gasteiger partial charge >= 0.3 is 6.18 Å². The summed E-state index contributed by atoms with van der Waals surface area (Å²) in [5.41, 5.74) is 1.18. The monoisotopic (exact) mass is 499 g/mol. The number of carbonyl (C=O) groups is 2. The molecule has 1 spiro atoms. The van der Waals surface area contributed by atoms with Crippen LogP contribution in [-0.2, 0) is 21.5 Å². The van der Waals surface area contributed by atoms with Crippen molar-refractivity contribution in [3.63, 3.8) is 0 Å². The van der Waals surface area contributed by atoms with Gasteiger partial charge in [0.15, 0.2) is 0 Å². The van der Waals surface area contributed by atoms with Gasteiger partial charge in [0.25, 0.3) is 0 Å². The van der Waals surface area contributed by atoms with Crippen LogP contribution in [0, 0.1) is 0 Å². The van der Waals surface area contributed by atoms with Crippen molar-refractivity contribution in [2.24, 2.45) is 0 Å². The van der Waals surface area contributed by atoms with Crippen molar-refractivity contribution in [2.75, 3.05) is 31.1 Å². The number of halogens is 5. The quantitative estimate of drug-likeness (QED) is 0.656. The lowest BCUT2D eigenvalue weighted by Crippen LogP contribution is -2.50. The van der Waals surface area contributed by atoms with Crippen molar-refractivity contribution >= 4 is 40.7 Å². The number of nitrogens with one attached hydrogen (secondary N) is 1. The van der Waals surface area contributed by atoms with Gasteiger partial charge in [0.05, 0.1) is 21.1 Å². The van der Waals surface area contributed by atoms with Gasteiger partial charge in [0, 0.05) is 12.1 Å². The molecule has 0 radical (unpaired) electrons. The number of piperidine rings is 1. The van der Waals surface area contributed by atoms with Gasteiger partial charge < -0.3 is 10.2 Å². The number of alkyl halides is 3. The third-order valence-electron chi connectivity index (χ3n) is 6.24. The van der Waals surface area contributed by atoms with E-state index >= 15 is 0 Å². The van der Waals surface area contributed by atoms with Crippen molar-refractivity contribution in [3.05, 3.63) is 63.6 Å². The van der Waals surface area contributed by atoms with Crippen LogP contribution in [-0.4, -0.2) is 49.1 Å². The van der Waals surface area contributed by atoms with Crippen LogP contribution in [0.2, 0.25) is 10.0 Å². The molecule has 2 aliphatic rings. The van der Waals surface area contributed by atoms with Gasteiger partial charge in [-0.1, -0.05) is 53.5 Å². The number of fused-ring (bicyclic) bond motifs is 2. The molecule has 4 rings (SSSR count). The predicted molar refractivity (Wildman–Crippen MR) is 121 cm³/mol. The molecular weight excluding hydrogens is 478 g/mol. The second kappa shape index (κ2) is 9.16. The van der Waals surface area contributed by atoms with Gasteiger partial charge in [-0.15, -0.1) is 0 Å². The van der Waals surface area contributed by atoms with Crippen LogP contribution in [0.1, 0.15) is 24.0 Å². The van der Waals surface area contributed by atoms with Crippen LogP contribution < -0.4 is 10.2 Å². The summed E-state index contributed by atoms with van der Waals surface area (Å²) in [6.07, 6.45) is -3.61. The van der Waals surface area contributed by atoms with E-state index in [9.17, 15) is 22.8 Å². The summed E-state index contributed by atoms with van der Waals surface area (Å²) in [5.74, 6) is -1.22. The zero-order valence-corrected chi connectivity index (χ0v) is 19.1. The van der Waals surface area contributed by atoms with Gasteiger partial charge in [-0.25, -0.2) is 0 Å². The van der Waals surface area contributed by atoms with E-state index < -0.39 is 30.6 Å². The number of carbonyl (C=O) groups excluding carboxylic acids is 2. The van der Waals surface area contributed by atoms with Crippen LogP contribution in [0.15, 0.2) is 42.5 Å². The van der Waals surface area contributed by atoms with E-state index in [1.165, 1.54) is 11.0 Å². The largest absolute Gasteiger partial charge is 0.405 e. The van der Waals surface area contributed by atoms with Gasteiger partial charge in [-0.3, -0.25) is 14.5 Å². The lowest BCUT2D eigenvalue weighted by atomic mass is 9.73. The molecule has 1 saturated heterocycles. The number of likely N-dealkylation sites (tertiary alicyclic amines) is 1. The first kappa shape index (κ1) is 23.9. The molecule has 176 valence electrons. The SMILES string of the molecule is O=C(CN1C(=O)C2(CCN(Cc3ccccc3)CC2)c2c1ccc(Cl)c2Cl)NCC(F)(F)F. The molecule has 10 heteroatoms. The van der Waals surface area contributed by atoms with Gasteiger partial charge in [0.1, 0.15) is 13.1 Å². The van der Waals surface area contributed by atoms with Crippen LogP contribution in [0.3, 0.4) is 0 Å². The average Bonchev–Trinajstić information content (AvgIpc) is 3.00. The highest BCUT2D eigenvalue weighted by Crippen LogP contribution is 2.52. The molecular formula is C23H22Cl2F3N3O2. The minimum Gasteiger partial charge on any atom is -0.345 e. The summed E-state index contributed by atoms with van der Waals surface area (Å²) in [4.78, 5) is 29.3. The van der Waals surface area contributed by atoms with E-state index in [1.807, 2.05) is 35.6 Å². The third-order valence-corrected chi connectivity index (χ3v) is 7.05. The smallest absolute Gasteiger partial charge is 0.345 e. The molecule has 0 atom stereocenters. The Labute approximate surface area is 199 Å². The normalized spacial score (nSPS) is 18.0. The highest BCUT2D eigenvalue weighted by atomic mass is 35.5. The highest BCUT2D eigenvalue weighted by molar-refractivity contribution is 6.43. The van der Waals surface area contributed by atoms with Gasteiger partial charge in [-0.05, 0) is 43.6 Å². The predicted octanol–water partition coefficient (Wildman–Crippen LogP) is 4.55. The van der Waals surface area contributed by atoms with Gasteiger partial charge in [-0.2, -0.15) is 13.2 Å². The Balaban J connectivity index is 1.56. The lowest BCUT2D eigenvalue weighted by Gasteiger charge is -2.38. The van der Waals surface area contributed by atoms with Crippen LogP contribution >= 0.6 is 23.2 Å². The molecule has 0 unspecified atom stereocenters. The van der Waals surface area contributed by atoms with E-state index in [2.05, 4.69) is 4.90 Å². The molecule has 2 amide bonds. The molecule has 1 N–H and O–H groups in total. The first-order valence-corrected chi connectivity index (χ1v) is 11.3. The fourth-order valence-electron chi connectivity index (χ4n) is 4.65. The Morgan fingerprint density at radius 1 is 1.06 bits per heavy atom. The topological polar surface area (TPSA) is 52.7 Å². The zero-order chi connectivity index (χ0) is 23.8. The van der Waals surface area contributed by atoms with E-state index in [4.69, 9.17) is 23.2 Å². The minimum absolute atomic E-state index is 0.247. The summed E-state index contributed by atoms with van der Waals surface area (Å²) in [6, 6.07) is 13.1. The minimum atomic E-state index is -4.54. The molecule has 2 aliphatic heterocycles. The number of benzene rings is 2. The number of rotatable bonds is 5. The maximum absolute atomic E-state index is 13.6. The molecule has 0 aliphatic carbocycles. The molecule has 0 bridgehead atoms. The number of amides is 2. The standard InChI is InChI=1S/C23H22Cl2F3N3O2/c24-16-6-7-17-19(20(16)25)22(21(33)31(17)13-18(32)29-14-23(26,27)28)8-10-30(11-9-22)12-15-4-2-1-3-5-15/h1-7H,8-14H2,(H,29,32). The van der Waals surface area contributed by atoms with Crippen molar-refractivity contribution in [3.8, 4) is 0 Å². The molecule has 0 aromatic heterocycles. The number of hydrogen-bond donors (Lipinski definition) is 1. The Hall–Kier alpha value is -2.29. The molecule has 2 aromatic rings. The molecule has 2 heterocycles. The summed E-state index contributed by atoms with van der Waals surface area (Å²) in [7, 11) is 0. The zero-order valence-electron chi connectivity index (χ0n) is 17.6. The van der Waals surface area contributed by atoms with Crippen LogP contribution in [0.25, 0.3) is 0 Å². The van der Waals surface area contributed by atoms with E-state index in [1.54, 1.807) is 6.07 Å². The average molecular weight is 500 g/mol. The summed E-state index contributed by atoms with van der Waals surface area (Å²) >= 11 is 12.8. The van der Waals surface area contributed by atoms with Crippen molar-refractivity contribution in [2.45, 2.75) is 31.0 Å². The fourth-order valence-corrected chi connectivity index (χ4v) is 5.15. The Morgan fingerprint density at radius 2 is 1.73 bits per heavy atom. The highest BCUT2D eigenvalue weighted by Gasteiger charge is 2.53. The van der Waals surface area contributed by atoms with E-state index in [0.717, 1.165) is 12.1 Å². The Kier molecular flexibility index (Phi) is 6.62. The van der Waals surface area contributed by atoms with Crippen molar-refractivity contribution in [1.29, 1.82) is 0 Å². The van der Waals surface area contributed by atoms with E-state index in [0.29, 0.717) is 37.2 Å². The summed E-state index contributed by atoms with van der Waals surface area (Å²) in [5, 5.41) is 2.36. The second-order valence-electron chi connectivity index (χ2n) is 8.38. The first-order chi connectivity index (χ1) is 15.6. The molecule has 0 saturated carbocycles. The number of nitrogens with zero attached hydrogens (tertiary/aromatic N) is 2. The number of hydrogen-bond acceptors (Lipinski definition) is 3. The maximum atomic E-state index is 13.6. The molecule has 1 fully saturated rings. The first-order valence-electron chi connectivity index (χ1n) is 10.5. The van der Waals surface area contributed by atoms with E-state index in [-0.39, 0.29) is 16.0 Å². The Morgan fingerprint density at radius 3 is 2.36 bits per heavy atom. The number of anilines is 1. The Bertz CT molecular complexity index is 1050. The fraction of sp³-hybridized carbons (Fsp3) is 0.391. The summed E-state index contributed by atoms with van der Waals surface area (Å²) in [6.45, 7) is 0.00982. The third kappa shape index (κ3) is 4.83. The lowest BCUT2D eigenvalue weighted by molar-refractivity contribution is -0.138. The maximum Gasteiger partial charge on any atom is 0.405 e. The van der Waals surface area contributed by atoms with Gasteiger partial charge in [0.2, 0.25) is 11.8 Å². The molecule has 5 nitrogen and oxygen atoms in total.